The van der Waals surface area contributed by atoms with Crippen LogP contribution in [0.25, 0.3) is 0 Å². The number of nitrogens with one attached hydrogen (secondary N) is 1. The summed E-state index contributed by atoms with van der Waals surface area (Å²) in [7, 11) is -4.54. The summed E-state index contributed by atoms with van der Waals surface area (Å²) in [5, 5.41) is 3.66. The number of nitrogens with zero attached hydrogens (tertiary/aromatic N) is 1. The molecule has 0 bridgehead atoms. The van der Waals surface area contributed by atoms with E-state index >= 15 is 0 Å². The molecule has 0 saturated carbocycles. The van der Waals surface area contributed by atoms with Crippen molar-refractivity contribution >= 4 is 33.6 Å². The van der Waals surface area contributed by atoms with E-state index in [2.05, 4.69) is 10.5 Å². The predicted molar refractivity (Wildman–Crippen MR) is 61.9 cm³/mol. The smallest absolute Gasteiger partial charge is 0.744 e. The van der Waals surface area contributed by atoms with E-state index in [-0.39, 0.29) is 34.6 Å². The molecule has 0 atom stereocenters. The van der Waals surface area contributed by atoms with Gasteiger partial charge in [-0.3, -0.25) is 5.43 Å². The van der Waals surface area contributed by atoms with Crippen LogP contribution in [0.2, 0.25) is 5.02 Å². The van der Waals surface area contributed by atoms with Crippen molar-refractivity contribution in [1.29, 1.82) is 0 Å². The average Bonchev–Trinajstić information content (AvgIpc) is 2.17. The van der Waals surface area contributed by atoms with E-state index in [9.17, 15) is 13.0 Å². The van der Waals surface area contributed by atoms with Crippen molar-refractivity contribution in [3.05, 3.63) is 22.7 Å². The molecular formula is C9H10ClN2NaO3S. The maximum atomic E-state index is 10.8. The molecule has 5 nitrogen and oxygen atoms in total. The van der Waals surface area contributed by atoms with Crippen molar-refractivity contribution < 1.29 is 42.5 Å². The van der Waals surface area contributed by atoms with Gasteiger partial charge in [0.15, 0.2) is 0 Å². The molecule has 1 aromatic rings. The van der Waals surface area contributed by atoms with Crippen LogP contribution in [0.3, 0.4) is 0 Å². The third-order valence-corrected chi connectivity index (χ3v) is 3.16. The molecule has 0 aliphatic carbocycles. The minimum Gasteiger partial charge on any atom is -0.744 e. The monoisotopic (exact) mass is 284 g/mol. The van der Waals surface area contributed by atoms with E-state index in [1.165, 1.54) is 18.3 Å². The summed E-state index contributed by atoms with van der Waals surface area (Å²) < 4.78 is 32.5. The maximum Gasteiger partial charge on any atom is 1.00 e. The van der Waals surface area contributed by atoms with Crippen molar-refractivity contribution in [2.75, 3.05) is 5.43 Å². The summed E-state index contributed by atoms with van der Waals surface area (Å²) in [5.74, 6) is 0. The van der Waals surface area contributed by atoms with E-state index < -0.39 is 15.0 Å². The normalized spacial score (nSPS) is 11.3. The molecule has 0 fully saturated rings. The Morgan fingerprint density at radius 3 is 2.53 bits per heavy atom. The fourth-order valence-corrected chi connectivity index (χ4v) is 2.17. The van der Waals surface area contributed by atoms with Gasteiger partial charge in [-0.2, -0.15) is 5.10 Å². The second-order valence-electron chi connectivity index (χ2n) is 3.05. The standard InChI is InChI=1S/C9H11ClN2O3S.Na/c1-3-11-12-8-5-7(10)9(4-6(8)2)16(13,14)15;/h3-5,12H,1-2H3,(H,13,14,15);/q;+1/p-1. The number of hydrazone groups is 1. The Labute approximate surface area is 127 Å². The van der Waals surface area contributed by atoms with Crippen molar-refractivity contribution in [3.8, 4) is 0 Å². The summed E-state index contributed by atoms with van der Waals surface area (Å²) in [4.78, 5) is -0.419. The molecule has 0 heterocycles. The van der Waals surface area contributed by atoms with Crippen LogP contribution in [0.5, 0.6) is 0 Å². The maximum absolute atomic E-state index is 10.8. The zero-order chi connectivity index (χ0) is 12.3. The van der Waals surface area contributed by atoms with Crippen molar-refractivity contribution in [2.45, 2.75) is 18.7 Å². The Kier molecular flexibility index (Phi) is 6.68. The number of benzene rings is 1. The van der Waals surface area contributed by atoms with Gasteiger partial charge in [0.25, 0.3) is 0 Å². The van der Waals surface area contributed by atoms with Crippen molar-refractivity contribution in [2.24, 2.45) is 5.10 Å². The topological polar surface area (TPSA) is 81.6 Å². The van der Waals surface area contributed by atoms with Gasteiger partial charge in [0, 0.05) is 6.21 Å². The van der Waals surface area contributed by atoms with Crippen molar-refractivity contribution in [1.82, 2.24) is 0 Å². The molecule has 0 saturated heterocycles. The van der Waals surface area contributed by atoms with Gasteiger partial charge in [0.05, 0.1) is 15.6 Å². The second kappa shape index (κ2) is 6.72. The van der Waals surface area contributed by atoms with Crippen LogP contribution in [0.15, 0.2) is 22.1 Å². The van der Waals surface area contributed by atoms with Crippen LogP contribution in [0, 0.1) is 6.92 Å². The van der Waals surface area contributed by atoms with E-state index in [1.54, 1.807) is 13.8 Å². The average molecular weight is 285 g/mol. The molecule has 0 radical (unpaired) electrons. The van der Waals surface area contributed by atoms with Crippen LogP contribution < -0.4 is 35.0 Å². The molecule has 1 aromatic carbocycles. The molecule has 17 heavy (non-hydrogen) atoms. The van der Waals surface area contributed by atoms with Gasteiger partial charge in [0.1, 0.15) is 10.1 Å². The number of rotatable bonds is 3. The Morgan fingerprint density at radius 2 is 2.06 bits per heavy atom. The fourth-order valence-electron chi connectivity index (χ4n) is 1.10. The van der Waals surface area contributed by atoms with Gasteiger partial charge in [-0.1, -0.05) is 11.6 Å². The predicted octanol–water partition coefficient (Wildman–Crippen LogP) is -1.03. The van der Waals surface area contributed by atoms with E-state index in [4.69, 9.17) is 11.6 Å². The first-order valence-corrected chi connectivity index (χ1v) is 6.14. The largest absolute Gasteiger partial charge is 1.00 e. The third kappa shape index (κ3) is 4.57. The first-order valence-electron chi connectivity index (χ1n) is 4.36. The summed E-state index contributed by atoms with van der Waals surface area (Å²) in [6.45, 7) is 3.37. The fraction of sp³-hybridized carbons (Fsp3) is 0.222. The van der Waals surface area contributed by atoms with Gasteiger partial charge in [-0.25, -0.2) is 8.42 Å². The number of halogens is 1. The van der Waals surface area contributed by atoms with Gasteiger partial charge in [-0.05, 0) is 31.5 Å². The molecule has 1 rings (SSSR count). The van der Waals surface area contributed by atoms with Crippen LogP contribution in [-0.4, -0.2) is 19.2 Å². The number of aryl methyl sites for hydroxylation is 1. The second-order valence-corrected chi connectivity index (χ2v) is 4.81. The molecule has 0 aromatic heterocycles. The van der Waals surface area contributed by atoms with Crippen LogP contribution in [-0.2, 0) is 10.1 Å². The molecule has 0 spiro atoms. The first-order chi connectivity index (χ1) is 7.36. The molecule has 0 amide bonds. The van der Waals surface area contributed by atoms with Gasteiger partial charge < -0.3 is 4.55 Å². The van der Waals surface area contributed by atoms with Gasteiger partial charge in [0.2, 0.25) is 0 Å². The Balaban J connectivity index is 0.00000256. The Bertz CT molecular complexity index is 531. The molecule has 0 aliphatic heterocycles. The first kappa shape index (κ1) is 16.9. The van der Waals surface area contributed by atoms with E-state index in [0.29, 0.717) is 11.3 Å². The summed E-state index contributed by atoms with van der Waals surface area (Å²) >= 11 is 5.69. The number of hydrogen-bond acceptors (Lipinski definition) is 5. The summed E-state index contributed by atoms with van der Waals surface area (Å²) in [6, 6.07) is 2.58. The molecule has 0 unspecified atom stereocenters. The molecule has 1 N–H and O–H groups in total. The number of anilines is 1. The number of hydrogen-bond donors (Lipinski definition) is 1. The molecule has 88 valence electrons. The molecule has 8 heteroatoms. The van der Waals surface area contributed by atoms with Gasteiger partial charge >= 0.3 is 29.6 Å². The zero-order valence-electron chi connectivity index (χ0n) is 9.69. The van der Waals surface area contributed by atoms with Crippen LogP contribution in [0.4, 0.5) is 5.69 Å². The molecule has 0 aliphatic rings. The van der Waals surface area contributed by atoms with Crippen molar-refractivity contribution in [3.63, 3.8) is 0 Å². The van der Waals surface area contributed by atoms with E-state index in [0.717, 1.165) is 0 Å². The summed E-state index contributed by atoms with van der Waals surface area (Å²) in [6.07, 6.45) is 1.53. The zero-order valence-corrected chi connectivity index (χ0v) is 13.3. The SMILES string of the molecule is CC=NNc1cc(Cl)c(S(=O)(=O)[O-])cc1C.[Na+]. The van der Waals surface area contributed by atoms with Gasteiger partial charge in [-0.15, -0.1) is 0 Å². The Morgan fingerprint density at radius 1 is 1.47 bits per heavy atom. The van der Waals surface area contributed by atoms with E-state index in [1.807, 2.05) is 0 Å². The Hall–Kier alpha value is -0.110. The minimum absolute atomic E-state index is 0. The minimum atomic E-state index is -4.54. The third-order valence-electron chi connectivity index (χ3n) is 1.86. The quantitative estimate of drug-likeness (QED) is 0.333. The molecular weight excluding hydrogens is 275 g/mol. The summed E-state index contributed by atoms with van der Waals surface area (Å²) in [5.41, 5.74) is 3.80. The van der Waals surface area contributed by atoms with Crippen LogP contribution >= 0.6 is 11.6 Å². The van der Waals surface area contributed by atoms with Crippen LogP contribution in [0.1, 0.15) is 12.5 Å².